The minimum absolute atomic E-state index is 0.0703. The molecule has 2 aromatic carbocycles. The molecular formula is C15H11ClN4O3S. The second kappa shape index (κ2) is 6.34. The Kier molecular flexibility index (Phi) is 4.24. The summed E-state index contributed by atoms with van der Waals surface area (Å²) in [4.78, 5) is 27.4. The van der Waals surface area contributed by atoms with E-state index in [-0.39, 0.29) is 10.8 Å². The SMILES string of the molecule is NC(=O)c1ccc2nc(NC(=O)Nc3ccc(O)c(Cl)c3)sc2c1. The van der Waals surface area contributed by atoms with Crippen molar-refractivity contribution < 1.29 is 14.7 Å². The topological polar surface area (TPSA) is 117 Å². The Bertz CT molecular complexity index is 957. The largest absolute Gasteiger partial charge is 0.506 e. The molecule has 0 aliphatic carbocycles. The molecule has 3 aromatic rings. The van der Waals surface area contributed by atoms with Crippen LogP contribution >= 0.6 is 22.9 Å². The van der Waals surface area contributed by atoms with E-state index >= 15 is 0 Å². The van der Waals surface area contributed by atoms with Gasteiger partial charge in [-0.05, 0) is 36.4 Å². The Morgan fingerprint density at radius 1 is 1.17 bits per heavy atom. The first-order valence-electron chi connectivity index (χ1n) is 6.69. The summed E-state index contributed by atoms with van der Waals surface area (Å²) >= 11 is 7.00. The van der Waals surface area contributed by atoms with E-state index in [0.717, 1.165) is 4.70 Å². The number of hydrogen-bond acceptors (Lipinski definition) is 5. The summed E-state index contributed by atoms with van der Waals surface area (Å²) in [6.45, 7) is 0. The predicted molar refractivity (Wildman–Crippen MR) is 93.9 cm³/mol. The van der Waals surface area contributed by atoms with Crippen LogP contribution in [0.25, 0.3) is 10.2 Å². The number of carbonyl (C=O) groups is 2. The number of primary amides is 1. The van der Waals surface area contributed by atoms with Gasteiger partial charge in [0.15, 0.2) is 5.13 Å². The van der Waals surface area contributed by atoms with Crippen molar-refractivity contribution in [2.24, 2.45) is 5.73 Å². The zero-order valence-corrected chi connectivity index (χ0v) is 13.6. The minimum atomic E-state index is -0.526. The number of aromatic hydroxyl groups is 1. The summed E-state index contributed by atoms with van der Waals surface area (Å²) in [6.07, 6.45) is 0. The molecule has 0 bridgehead atoms. The summed E-state index contributed by atoms with van der Waals surface area (Å²) in [5.41, 5.74) is 6.68. The third-order valence-electron chi connectivity index (χ3n) is 3.10. The van der Waals surface area contributed by atoms with Crippen molar-refractivity contribution in [3.8, 4) is 5.75 Å². The maximum Gasteiger partial charge on any atom is 0.325 e. The average Bonchev–Trinajstić information content (AvgIpc) is 2.91. The highest BCUT2D eigenvalue weighted by molar-refractivity contribution is 7.22. The first kappa shape index (κ1) is 16.0. The van der Waals surface area contributed by atoms with Crippen LogP contribution < -0.4 is 16.4 Å². The number of halogens is 1. The van der Waals surface area contributed by atoms with Crippen molar-refractivity contribution in [3.05, 3.63) is 47.0 Å². The molecule has 24 heavy (non-hydrogen) atoms. The lowest BCUT2D eigenvalue weighted by atomic mass is 10.2. The lowest BCUT2D eigenvalue weighted by Crippen LogP contribution is -2.19. The van der Waals surface area contributed by atoms with Gasteiger partial charge in [-0.15, -0.1) is 0 Å². The van der Waals surface area contributed by atoms with Crippen molar-refractivity contribution in [1.82, 2.24) is 4.98 Å². The summed E-state index contributed by atoms with van der Waals surface area (Å²) in [7, 11) is 0. The maximum absolute atomic E-state index is 12.0. The molecule has 1 heterocycles. The van der Waals surface area contributed by atoms with Gasteiger partial charge in [-0.2, -0.15) is 0 Å². The predicted octanol–water partition coefficient (Wildman–Crippen LogP) is 3.40. The van der Waals surface area contributed by atoms with Crippen LogP contribution in [0.1, 0.15) is 10.4 Å². The molecule has 0 saturated heterocycles. The van der Waals surface area contributed by atoms with Crippen molar-refractivity contribution in [2.75, 3.05) is 10.6 Å². The average molecular weight is 363 g/mol. The molecule has 7 nitrogen and oxygen atoms in total. The van der Waals surface area contributed by atoms with Crippen LogP contribution in [0.3, 0.4) is 0 Å². The Balaban J connectivity index is 1.75. The monoisotopic (exact) mass is 362 g/mol. The number of benzene rings is 2. The molecule has 3 amide bonds. The number of amides is 3. The van der Waals surface area contributed by atoms with Gasteiger partial charge in [0, 0.05) is 11.3 Å². The number of phenolic OH excluding ortho intramolecular Hbond substituents is 1. The van der Waals surface area contributed by atoms with Gasteiger partial charge < -0.3 is 16.2 Å². The molecule has 122 valence electrons. The van der Waals surface area contributed by atoms with Gasteiger partial charge in [0.05, 0.1) is 15.2 Å². The molecule has 0 aliphatic heterocycles. The van der Waals surface area contributed by atoms with E-state index < -0.39 is 11.9 Å². The number of nitrogens with one attached hydrogen (secondary N) is 2. The van der Waals surface area contributed by atoms with E-state index in [9.17, 15) is 14.7 Å². The lowest BCUT2D eigenvalue weighted by Gasteiger charge is -2.06. The van der Waals surface area contributed by atoms with E-state index in [2.05, 4.69) is 15.6 Å². The third-order valence-corrected chi connectivity index (χ3v) is 4.34. The molecule has 0 atom stereocenters. The number of nitrogens with two attached hydrogens (primary N) is 1. The molecule has 0 aliphatic rings. The number of aromatic nitrogens is 1. The standard InChI is InChI=1S/C15H11ClN4O3S/c16-9-6-8(2-4-11(9)21)18-14(23)20-15-19-10-3-1-7(13(17)22)5-12(10)24-15/h1-6,21H,(H2,17,22)(H2,18,19,20,23). The van der Waals surface area contributed by atoms with Crippen LogP contribution in [0.2, 0.25) is 5.02 Å². The smallest absolute Gasteiger partial charge is 0.325 e. The van der Waals surface area contributed by atoms with Crippen molar-refractivity contribution in [1.29, 1.82) is 0 Å². The highest BCUT2D eigenvalue weighted by Crippen LogP contribution is 2.28. The quantitative estimate of drug-likeness (QED) is 0.534. The Labute approximate surface area is 145 Å². The first-order chi connectivity index (χ1) is 11.4. The highest BCUT2D eigenvalue weighted by atomic mass is 35.5. The number of hydrogen-bond donors (Lipinski definition) is 4. The fourth-order valence-electron chi connectivity index (χ4n) is 1.98. The fraction of sp³-hybridized carbons (Fsp3) is 0. The fourth-order valence-corrected chi connectivity index (χ4v) is 3.06. The van der Waals surface area contributed by atoms with Gasteiger partial charge >= 0.3 is 6.03 Å². The number of fused-ring (bicyclic) bond motifs is 1. The normalized spacial score (nSPS) is 10.5. The van der Waals surface area contributed by atoms with Crippen LogP contribution in [0, 0.1) is 0 Å². The summed E-state index contributed by atoms with van der Waals surface area (Å²) in [5, 5.41) is 15.0. The maximum atomic E-state index is 12.0. The number of thiazole rings is 1. The van der Waals surface area contributed by atoms with E-state index in [4.69, 9.17) is 17.3 Å². The summed E-state index contributed by atoms with van der Waals surface area (Å²) in [5.74, 6) is -0.596. The number of nitrogens with zero attached hydrogens (tertiary/aromatic N) is 1. The Hall–Kier alpha value is -2.84. The van der Waals surface area contributed by atoms with E-state index in [1.54, 1.807) is 18.2 Å². The number of rotatable bonds is 3. The van der Waals surface area contributed by atoms with Crippen molar-refractivity contribution in [2.45, 2.75) is 0 Å². The zero-order chi connectivity index (χ0) is 17.3. The molecule has 0 unspecified atom stereocenters. The van der Waals surface area contributed by atoms with Crippen LogP contribution in [-0.2, 0) is 0 Å². The molecular weight excluding hydrogens is 352 g/mol. The second-order valence-electron chi connectivity index (χ2n) is 4.81. The second-order valence-corrected chi connectivity index (χ2v) is 6.25. The number of phenols is 1. The van der Waals surface area contributed by atoms with Crippen molar-refractivity contribution >= 4 is 55.9 Å². The lowest BCUT2D eigenvalue weighted by molar-refractivity contribution is 0.100. The van der Waals surface area contributed by atoms with Gasteiger partial charge in [0.1, 0.15) is 5.75 Å². The van der Waals surface area contributed by atoms with Gasteiger partial charge in [-0.3, -0.25) is 10.1 Å². The van der Waals surface area contributed by atoms with E-state index in [0.29, 0.717) is 21.9 Å². The van der Waals surface area contributed by atoms with E-state index in [1.807, 2.05) is 0 Å². The van der Waals surface area contributed by atoms with Crippen molar-refractivity contribution in [3.63, 3.8) is 0 Å². The zero-order valence-electron chi connectivity index (χ0n) is 12.0. The van der Waals surface area contributed by atoms with Crippen LogP contribution in [0.15, 0.2) is 36.4 Å². The van der Waals surface area contributed by atoms with E-state index in [1.165, 1.54) is 29.5 Å². The van der Waals surface area contributed by atoms with Gasteiger partial charge in [-0.25, -0.2) is 9.78 Å². The first-order valence-corrected chi connectivity index (χ1v) is 7.89. The molecule has 0 saturated carbocycles. The van der Waals surface area contributed by atoms with Crippen LogP contribution in [-0.4, -0.2) is 22.0 Å². The Morgan fingerprint density at radius 3 is 2.67 bits per heavy atom. The van der Waals surface area contributed by atoms with Gasteiger partial charge in [0.25, 0.3) is 0 Å². The van der Waals surface area contributed by atoms with Gasteiger partial charge in [0.2, 0.25) is 5.91 Å². The molecule has 1 aromatic heterocycles. The summed E-state index contributed by atoms with van der Waals surface area (Å²) in [6, 6.07) is 8.67. The highest BCUT2D eigenvalue weighted by Gasteiger charge is 2.10. The summed E-state index contributed by atoms with van der Waals surface area (Å²) < 4.78 is 0.731. The molecule has 3 rings (SSSR count). The third kappa shape index (κ3) is 3.39. The van der Waals surface area contributed by atoms with Crippen LogP contribution in [0.4, 0.5) is 15.6 Å². The molecule has 0 fully saturated rings. The minimum Gasteiger partial charge on any atom is -0.506 e. The number of anilines is 2. The molecule has 0 radical (unpaired) electrons. The number of urea groups is 1. The molecule has 9 heteroatoms. The Morgan fingerprint density at radius 2 is 1.96 bits per heavy atom. The molecule has 5 N–H and O–H groups in total. The molecule has 0 spiro atoms. The number of carbonyl (C=O) groups excluding carboxylic acids is 2. The van der Waals surface area contributed by atoms with Crippen LogP contribution in [0.5, 0.6) is 5.75 Å². The van der Waals surface area contributed by atoms with Gasteiger partial charge in [-0.1, -0.05) is 22.9 Å².